The Morgan fingerprint density at radius 2 is 1.57 bits per heavy atom. The highest BCUT2D eigenvalue weighted by Crippen LogP contribution is 2.41. The van der Waals surface area contributed by atoms with Crippen molar-refractivity contribution in [1.29, 1.82) is 0 Å². The number of hydrogen-bond donors (Lipinski definition) is 1. The zero-order valence-electron chi connectivity index (χ0n) is 20.1. The maximum Gasteiger partial charge on any atom is 0.310 e. The summed E-state index contributed by atoms with van der Waals surface area (Å²) in [7, 11) is 3.48. The van der Waals surface area contributed by atoms with Crippen LogP contribution in [0.5, 0.6) is 5.75 Å². The molecule has 1 rings (SSSR count). The standard InChI is InChI=1S/C26H44O4/c1-20(2)26(21(3)4,25(27)28)17-11-8-7-9-13-22-15-16-24(30-6)23(19-22)14-10-12-18-29-5/h15-16,19-21H,7-14,17-18H2,1-6H3,(H,27,28). The molecule has 0 heterocycles. The maximum absolute atomic E-state index is 12.0. The Morgan fingerprint density at radius 3 is 2.13 bits per heavy atom. The number of carboxylic acid groups (broad SMARTS) is 1. The van der Waals surface area contributed by atoms with Crippen LogP contribution in [0.3, 0.4) is 0 Å². The minimum absolute atomic E-state index is 0.150. The second kappa shape index (κ2) is 13.7. The first-order valence-corrected chi connectivity index (χ1v) is 11.7. The van der Waals surface area contributed by atoms with Crippen LogP contribution in [0.1, 0.15) is 83.8 Å². The van der Waals surface area contributed by atoms with E-state index in [4.69, 9.17) is 9.47 Å². The number of carboxylic acids is 1. The summed E-state index contributed by atoms with van der Waals surface area (Å²) >= 11 is 0. The predicted molar refractivity (Wildman–Crippen MR) is 124 cm³/mol. The molecule has 172 valence electrons. The van der Waals surface area contributed by atoms with Crippen LogP contribution < -0.4 is 4.74 Å². The fourth-order valence-corrected chi connectivity index (χ4v) is 4.69. The van der Waals surface area contributed by atoms with Crippen molar-refractivity contribution in [3.8, 4) is 5.75 Å². The topological polar surface area (TPSA) is 55.8 Å². The molecule has 0 saturated heterocycles. The van der Waals surface area contributed by atoms with Gasteiger partial charge in [-0.2, -0.15) is 0 Å². The fourth-order valence-electron chi connectivity index (χ4n) is 4.69. The summed E-state index contributed by atoms with van der Waals surface area (Å²) in [6.45, 7) is 8.99. The smallest absolute Gasteiger partial charge is 0.310 e. The van der Waals surface area contributed by atoms with Gasteiger partial charge in [-0.25, -0.2) is 0 Å². The van der Waals surface area contributed by atoms with Gasteiger partial charge < -0.3 is 14.6 Å². The second-order valence-electron chi connectivity index (χ2n) is 9.17. The van der Waals surface area contributed by atoms with Gasteiger partial charge in [-0.15, -0.1) is 0 Å². The number of aliphatic carboxylic acids is 1. The van der Waals surface area contributed by atoms with Gasteiger partial charge in [0.15, 0.2) is 0 Å². The largest absolute Gasteiger partial charge is 0.496 e. The first-order chi connectivity index (χ1) is 14.3. The molecule has 0 aromatic heterocycles. The molecule has 0 bridgehead atoms. The van der Waals surface area contributed by atoms with Crippen molar-refractivity contribution in [2.75, 3.05) is 20.8 Å². The molecule has 0 radical (unpaired) electrons. The third-order valence-electron chi connectivity index (χ3n) is 6.65. The average molecular weight is 421 g/mol. The molecule has 0 amide bonds. The molecule has 1 N–H and O–H groups in total. The van der Waals surface area contributed by atoms with E-state index in [9.17, 15) is 9.90 Å². The molecule has 0 saturated carbocycles. The van der Waals surface area contributed by atoms with Crippen molar-refractivity contribution >= 4 is 5.97 Å². The second-order valence-corrected chi connectivity index (χ2v) is 9.17. The van der Waals surface area contributed by atoms with Crippen molar-refractivity contribution in [3.05, 3.63) is 29.3 Å². The lowest BCUT2D eigenvalue weighted by Gasteiger charge is -2.37. The first-order valence-electron chi connectivity index (χ1n) is 11.7. The van der Waals surface area contributed by atoms with E-state index in [0.29, 0.717) is 0 Å². The third-order valence-corrected chi connectivity index (χ3v) is 6.65. The lowest BCUT2D eigenvalue weighted by Crippen LogP contribution is -2.41. The fraction of sp³-hybridized carbons (Fsp3) is 0.731. The van der Waals surface area contributed by atoms with Gasteiger partial charge in [0.25, 0.3) is 0 Å². The average Bonchev–Trinajstić information content (AvgIpc) is 2.70. The van der Waals surface area contributed by atoms with Gasteiger partial charge in [0, 0.05) is 13.7 Å². The van der Waals surface area contributed by atoms with Crippen LogP contribution in [0.25, 0.3) is 0 Å². The quantitative estimate of drug-likeness (QED) is 0.308. The molecule has 1 aromatic rings. The molecule has 0 aliphatic carbocycles. The number of ether oxygens (including phenoxy) is 2. The maximum atomic E-state index is 12.0. The molecule has 0 unspecified atom stereocenters. The van der Waals surface area contributed by atoms with E-state index in [1.165, 1.54) is 11.1 Å². The highest BCUT2D eigenvalue weighted by Gasteiger charge is 2.43. The number of benzene rings is 1. The van der Waals surface area contributed by atoms with Crippen LogP contribution in [0, 0.1) is 17.3 Å². The van der Waals surface area contributed by atoms with E-state index in [2.05, 4.69) is 18.2 Å². The molecular weight excluding hydrogens is 376 g/mol. The van der Waals surface area contributed by atoms with Crippen LogP contribution >= 0.6 is 0 Å². The zero-order valence-corrected chi connectivity index (χ0v) is 20.1. The van der Waals surface area contributed by atoms with E-state index in [0.717, 1.165) is 70.1 Å². The Bertz CT molecular complexity index is 613. The number of unbranched alkanes of at least 4 members (excludes halogenated alkanes) is 4. The molecule has 0 fully saturated rings. The molecule has 4 heteroatoms. The summed E-state index contributed by atoms with van der Waals surface area (Å²) in [6.07, 6.45) is 9.37. The van der Waals surface area contributed by atoms with Crippen molar-refractivity contribution in [1.82, 2.24) is 0 Å². The summed E-state index contributed by atoms with van der Waals surface area (Å²) in [5.74, 6) is 0.639. The number of hydrogen-bond acceptors (Lipinski definition) is 3. The van der Waals surface area contributed by atoms with E-state index in [1.54, 1.807) is 14.2 Å². The van der Waals surface area contributed by atoms with Crippen LogP contribution in [-0.2, 0) is 22.4 Å². The van der Waals surface area contributed by atoms with Crippen LogP contribution in [0.15, 0.2) is 18.2 Å². The minimum atomic E-state index is -0.635. The minimum Gasteiger partial charge on any atom is -0.496 e. The monoisotopic (exact) mass is 420 g/mol. The Balaban J connectivity index is 2.49. The van der Waals surface area contributed by atoms with Gasteiger partial charge in [-0.1, -0.05) is 59.1 Å². The molecule has 4 nitrogen and oxygen atoms in total. The molecular formula is C26H44O4. The number of carbonyl (C=O) groups is 1. The molecule has 30 heavy (non-hydrogen) atoms. The number of rotatable bonds is 16. The molecule has 1 aromatic carbocycles. The van der Waals surface area contributed by atoms with Gasteiger partial charge in [-0.05, 0) is 67.6 Å². The molecule has 0 aliphatic rings. The number of aryl methyl sites for hydroxylation is 2. The Morgan fingerprint density at radius 1 is 0.933 bits per heavy atom. The van der Waals surface area contributed by atoms with Gasteiger partial charge in [0.2, 0.25) is 0 Å². The Kier molecular flexibility index (Phi) is 12.1. The van der Waals surface area contributed by atoms with Gasteiger partial charge in [0.05, 0.1) is 12.5 Å². The Hall–Kier alpha value is -1.55. The third kappa shape index (κ3) is 7.61. The van der Waals surface area contributed by atoms with E-state index < -0.39 is 11.4 Å². The van der Waals surface area contributed by atoms with Gasteiger partial charge in [-0.3, -0.25) is 4.79 Å². The van der Waals surface area contributed by atoms with E-state index in [1.807, 2.05) is 27.7 Å². The SMILES string of the molecule is COCCCCc1cc(CCCCCCC(C(=O)O)(C(C)C)C(C)C)ccc1OC. The zero-order chi connectivity index (χ0) is 22.6. The van der Waals surface area contributed by atoms with E-state index in [-0.39, 0.29) is 11.8 Å². The van der Waals surface area contributed by atoms with Crippen LogP contribution in [0.4, 0.5) is 0 Å². The highest BCUT2D eigenvalue weighted by molar-refractivity contribution is 5.75. The lowest BCUT2D eigenvalue weighted by molar-refractivity contribution is -0.156. The van der Waals surface area contributed by atoms with Crippen LogP contribution in [-0.4, -0.2) is 31.9 Å². The van der Waals surface area contributed by atoms with Gasteiger partial charge >= 0.3 is 5.97 Å². The van der Waals surface area contributed by atoms with Crippen molar-refractivity contribution in [2.45, 2.75) is 85.5 Å². The van der Waals surface area contributed by atoms with Gasteiger partial charge in [0.1, 0.15) is 5.75 Å². The molecule has 0 atom stereocenters. The summed E-state index contributed by atoms with van der Waals surface area (Å²) in [5.41, 5.74) is 2.04. The highest BCUT2D eigenvalue weighted by atomic mass is 16.5. The lowest BCUT2D eigenvalue weighted by atomic mass is 9.66. The summed E-state index contributed by atoms with van der Waals surface area (Å²) in [6, 6.07) is 6.55. The predicted octanol–water partition coefficient (Wildman–Crippen LogP) is 6.54. The van der Waals surface area contributed by atoms with E-state index >= 15 is 0 Å². The molecule has 0 spiro atoms. The van der Waals surface area contributed by atoms with Crippen molar-refractivity contribution in [2.24, 2.45) is 17.3 Å². The number of methoxy groups -OCH3 is 2. The normalized spacial score (nSPS) is 12.0. The summed E-state index contributed by atoms with van der Waals surface area (Å²) < 4.78 is 10.7. The molecule has 0 aliphatic heterocycles. The Labute approximate surface area is 184 Å². The van der Waals surface area contributed by atoms with Crippen molar-refractivity contribution in [3.63, 3.8) is 0 Å². The van der Waals surface area contributed by atoms with Crippen LogP contribution in [0.2, 0.25) is 0 Å². The summed E-state index contributed by atoms with van der Waals surface area (Å²) in [5, 5.41) is 9.86. The van der Waals surface area contributed by atoms with Crippen molar-refractivity contribution < 1.29 is 19.4 Å². The first kappa shape index (κ1) is 26.5. The summed E-state index contributed by atoms with van der Waals surface area (Å²) in [4.78, 5) is 12.0.